The highest BCUT2D eigenvalue weighted by atomic mass is 16.5. The molecule has 2 aromatic rings. The van der Waals surface area contributed by atoms with Crippen molar-refractivity contribution in [2.24, 2.45) is 15.7 Å². The molecule has 2 N–H and O–H groups in total. The lowest BCUT2D eigenvalue weighted by Gasteiger charge is -2.24. The molecule has 2 aliphatic rings. The van der Waals surface area contributed by atoms with E-state index in [4.69, 9.17) is 10.5 Å². The first kappa shape index (κ1) is 14.8. The fourth-order valence-corrected chi connectivity index (χ4v) is 3.26. The van der Waals surface area contributed by atoms with Crippen molar-refractivity contribution in [3.8, 4) is 16.9 Å². The Kier molecular flexibility index (Phi) is 3.69. The molecule has 1 unspecified atom stereocenters. The SMILES string of the molecule is COc1cccc(-c2cccc(C3N=C(N)N4CCCN=C34)c2)c1. The summed E-state index contributed by atoms with van der Waals surface area (Å²) in [6.07, 6.45) is 1.02. The van der Waals surface area contributed by atoms with Crippen molar-refractivity contribution in [1.29, 1.82) is 0 Å². The molecule has 0 spiro atoms. The molecule has 0 aliphatic carbocycles. The second kappa shape index (κ2) is 6.00. The molecule has 0 fully saturated rings. The van der Waals surface area contributed by atoms with Crippen LogP contribution in [0.1, 0.15) is 18.0 Å². The first-order valence-corrected chi connectivity index (χ1v) is 8.16. The van der Waals surface area contributed by atoms with Crippen molar-refractivity contribution in [3.63, 3.8) is 0 Å². The Balaban J connectivity index is 1.71. The van der Waals surface area contributed by atoms with Crippen LogP contribution in [0.4, 0.5) is 0 Å². The highest BCUT2D eigenvalue weighted by Crippen LogP contribution is 2.32. The van der Waals surface area contributed by atoms with Crippen molar-refractivity contribution in [1.82, 2.24) is 4.90 Å². The molecule has 0 aromatic heterocycles. The van der Waals surface area contributed by atoms with Gasteiger partial charge in [0.1, 0.15) is 17.6 Å². The third-order valence-electron chi connectivity index (χ3n) is 4.48. The molecule has 122 valence electrons. The Morgan fingerprint density at radius 3 is 2.75 bits per heavy atom. The average Bonchev–Trinajstić information content (AvgIpc) is 2.99. The van der Waals surface area contributed by atoms with Gasteiger partial charge in [0, 0.05) is 13.1 Å². The van der Waals surface area contributed by atoms with Gasteiger partial charge in [-0.3, -0.25) is 9.89 Å². The topological polar surface area (TPSA) is 63.2 Å². The number of nitrogens with zero attached hydrogens (tertiary/aromatic N) is 3. The maximum atomic E-state index is 6.08. The van der Waals surface area contributed by atoms with Gasteiger partial charge < -0.3 is 10.5 Å². The van der Waals surface area contributed by atoms with Crippen LogP contribution in [0.3, 0.4) is 0 Å². The Morgan fingerprint density at radius 1 is 1.12 bits per heavy atom. The second-order valence-electron chi connectivity index (χ2n) is 5.99. The zero-order valence-electron chi connectivity index (χ0n) is 13.6. The zero-order chi connectivity index (χ0) is 16.5. The van der Waals surface area contributed by atoms with E-state index in [1.54, 1.807) is 7.11 Å². The van der Waals surface area contributed by atoms with Crippen LogP contribution in [0.15, 0.2) is 58.5 Å². The third kappa shape index (κ3) is 2.52. The monoisotopic (exact) mass is 320 g/mol. The molecule has 0 bridgehead atoms. The predicted octanol–water partition coefficient (Wildman–Crippen LogP) is 2.84. The minimum Gasteiger partial charge on any atom is -0.497 e. The first-order chi connectivity index (χ1) is 11.8. The first-order valence-electron chi connectivity index (χ1n) is 8.16. The van der Waals surface area contributed by atoms with Gasteiger partial charge in [-0.15, -0.1) is 0 Å². The summed E-state index contributed by atoms with van der Waals surface area (Å²) in [5, 5.41) is 0. The zero-order valence-corrected chi connectivity index (χ0v) is 13.6. The van der Waals surface area contributed by atoms with E-state index in [0.717, 1.165) is 47.8 Å². The summed E-state index contributed by atoms with van der Waals surface area (Å²) in [7, 11) is 1.68. The van der Waals surface area contributed by atoms with Gasteiger partial charge in [0.25, 0.3) is 0 Å². The quantitative estimate of drug-likeness (QED) is 0.946. The number of aliphatic imine (C=N–C) groups is 2. The van der Waals surface area contributed by atoms with Gasteiger partial charge in [-0.2, -0.15) is 0 Å². The number of guanidine groups is 1. The van der Waals surface area contributed by atoms with E-state index < -0.39 is 0 Å². The van der Waals surface area contributed by atoms with Crippen LogP contribution in [-0.2, 0) is 0 Å². The molecule has 2 heterocycles. The summed E-state index contributed by atoms with van der Waals surface area (Å²) < 4.78 is 5.33. The van der Waals surface area contributed by atoms with E-state index in [2.05, 4.69) is 40.3 Å². The van der Waals surface area contributed by atoms with E-state index in [1.807, 2.05) is 23.1 Å². The molecular weight excluding hydrogens is 300 g/mol. The summed E-state index contributed by atoms with van der Waals surface area (Å²) in [5.74, 6) is 2.40. The van der Waals surface area contributed by atoms with Gasteiger partial charge in [-0.1, -0.05) is 30.3 Å². The molecular formula is C19H20N4O. The normalized spacial score (nSPS) is 19.5. The van der Waals surface area contributed by atoms with Gasteiger partial charge in [0.2, 0.25) is 0 Å². The van der Waals surface area contributed by atoms with E-state index >= 15 is 0 Å². The largest absolute Gasteiger partial charge is 0.497 e. The maximum Gasteiger partial charge on any atom is 0.197 e. The van der Waals surface area contributed by atoms with Crippen molar-refractivity contribution in [3.05, 3.63) is 54.1 Å². The minimum atomic E-state index is -0.101. The number of amidine groups is 1. The second-order valence-corrected chi connectivity index (χ2v) is 5.99. The third-order valence-corrected chi connectivity index (χ3v) is 4.48. The highest BCUT2D eigenvalue weighted by molar-refractivity contribution is 6.07. The molecule has 2 aromatic carbocycles. The van der Waals surface area contributed by atoms with Crippen LogP contribution < -0.4 is 10.5 Å². The van der Waals surface area contributed by atoms with Crippen LogP contribution in [0.5, 0.6) is 5.75 Å². The van der Waals surface area contributed by atoms with Crippen molar-refractivity contribution < 1.29 is 4.74 Å². The Morgan fingerprint density at radius 2 is 1.92 bits per heavy atom. The smallest absolute Gasteiger partial charge is 0.197 e. The minimum absolute atomic E-state index is 0.101. The van der Waals surface area contributed by atoms with Gasteiger partial charge in [0.05, 0.1) is 7.11 Å². The van der Waals surface area contributed by atoms with Gasteiger partial charge in [0.15, 0.2) is 5.96 Å². The van der Waals surface area contributed by atoms with Gasteiger partial charge >= 0.3 is 0 Å². The summed E-state index contributed by atoms with van der Waals surface area (Å²) in [6, 6.07) is 16.4. The fraction of sp³-hybridized carbons (Fsp3) is 0.263. The number of hydrogen-bond acceptors (Lipinski definition) is 5. The number of rotatable bonds is 3. The van der Waals surface area contributed by atoms with Crippen molar-refractivity contribution >= 4 is 11.8 Å². The lowest BCUT2D eigenvalue weighted by atomic mass is 9.99. The molecule has 1 atom stereocenters. The molecule has 5 nitrogen and oxygen atoms in total. The Hall–Kier alpha value is -2.82. The molecule has 0 saturated carbocycles. The van der Waals surface area contributed by atoms with E-state index in [1.165, 1.54) is 0 Å². The van der Waals surface area contributed by atoms with Crippen LogP contribution in [-0.4, -0.2) is 36.9 Å². The van der Waals surface area contributed by atoms with Crippen molar-refractivity contribution in [2.45, 2.75) is 12.5 Å². The Bertz CT molecular complexity index is 828. The van der Waals surface area contributed by atoms with Crippen LogP contribution >= 0.6 is 0 Å². The molecule has 2 aliphatic heterocycles. The molecule has 5 heteroatoms. The van der Waals surface area contributed by atoms with Crippen LogP contribution in [0.2, 0.25) is 0 Å². The summed E-state index contributed by atoms with van der Waals surface area (Å²) >= 11 is 0. The van der Waals surface area contributed by atoms with E-state index in [9.17, 15) is 0 Å². The highest BCUT2D eigenvalue weighted by Gasteiger charge is 2.33. The maximum absolute atomic E-state index is 6.08. The molecule has 0 saturated heterocycles. The molecule has 4 rings (SSSR count). The number of ether oxygens (including phenoxy) is 1. The van der Waals surface area contributed by atoms with Gasteiger partial charge in [-0.05, 0) is 41.3 Å². The number of benzene rings is 2. The van der Waals surface area contributed by atoms with E-state index in [-0.39, 0.29) is 6.04 Å². The summed E-state index contributed by atoms with van der Waals surface area (Å²) in [4.78, 5) is 11.3. The summed E-state index contributed by atoms with van der Waals surface area (Å²) in [6.45, 7) is 1.75. The fourth-order valence-electron chi connectivity index (χ4n) is 3.26. The summed E-state index contributed by atoms with van der Waals surface area (Å²) in [5.41, 5.74) is 9.45. The van der Waals surface area contributed by atoms with Gasteiger partial charge in [-0.25, -0.2) is 4.99 Å². The predicted molar refractivity (Wildman–Crippen MR) is 96.4 cm³/mol. The Labute approximate surface area is 141 Å². The number of nitrogens with two attached hydrogens (primary N) is 1. The number of hydrogen-bond donors (Lipinski definition) is 1. The number of methoxy groups -OCH3 is 1. The van der Waals surface area contributed by atoms with E-state index in [0.29, 0.717) is 5.96 Å². The molecule has 0 radical (unpaired) electrons. The number of fused-ring (bicyclic) bond motifs is 1. The van der Waals surface area contributed by atoms with Crippen molar-refractivity contribution in [2.75, 3.05) is 20.2 Å². The lowest BCUT2D eigenvalue weighted by molar-refractivity contribution is 0.415. The standard InChI is InChI=1S/C19H20N4O/c1-24-16-8-3-6-14(12-16)13-5-2-7-15(11-13)17-18-21-9-4-10-23(18)19(20)22-17/h2-3,5-8,11-12,17H,4,9-10H2,1H3,(H2,20,22). The molecule has 0 amide bonds. The lowest BCUT2D eigenvalue weighted by Crippen LogP contribution is -2.41. The molecule has 24 heavy (non-hydrogen) atoms. The van der Waals surface area contributed by atoms with Crippen LogP contribution in [0.25, 0.3) is 11.1 Å². The average molecular weight is 320 g/mol. The van der Waals surface area contributed by atoms with Crippen LogP contribution in [0, 0.1) is 0 Å².